The van der Waals surface area contributed by atoms with Crippen LogP contribution < -0.4 is 0 Å². The van der Waals surface area contributed by atoms with Gasteiger partial charge >= 0.3 is 0 Å². The predicted molar refractivity (Wildman–Crippen MR) is 77.5 cm³/mol. The molecule has 1 aliphatic rings. The molecule has 0 fully saturated rings. The summed E-state index contributed by atoms with van der Waals surface area (Å²) in [5, 5.41) is 0. The molecule has 0 N–H and O–H groups in total. The van der Waals surface area contributed by atoms with Crippen LogP contribution in [0.3, 0.4) is 0 Å². The van der Waals surface area contributed by atoms with Crippen molar-refractivity contribution in [3.63, 3.8) is 0 Å². The number of rotatable bonds is 2. The third-order valence-electron chi connectivity index (χ3n) is 4.29. The molecule has 3 rings (SSSR count). The van der Waals surface area contributed by atoms with Crippen molar-refractivity contribution >= 4 is 0 Å². The normalized spacial score (nSPS) is 15.6. The number of hydrogen-bond donors (Lipinski definition) is 0. The lowest BCUT2D eigenvalue weighted by Gasteiger charge is -2.24. The largest absolute Gasteiger partial charge is 0.0619 e. The van der Waals surface area contributed by atoms with Crippen LogP contribution in [0.5, 0.6) is 0 Å². The maximum atomic E-state index is 2.35. The van der Waals surface area contributed by atoms with Gasteiger partial charge in [-0.2, -0.15) is 0 Å². The van der Waals surface area contributed by atoms with Crippen LogP contribution in [0.4, 0.5) is 0 Å². The summed E-state index contributed by atoms with van der Waals surface area (Å²) in [6.07, 6.45) is 0. The predicted octanol–water partition coefficient (Wildman–Crippen LogP) is 5.05. The molecule has 0 spiro atoms. The zero-order chi connectivity index (χ0) is 12.7. The molecule has 1 unspecified atom stereocenters. The Morgan fingerprint density at radius 1 is 0.833 bits per heavy atom. The Bertz CT molecular complexity index is 520. The Balaban J connectivity index is 2.21. The first-order chi connectivity index (χ1) is 8.70. The topological polar surface area (TPSA) is 0 Å². The second kappa shape index (κ2) is 4.28. The molecule has 0 aliphatic heterocycles. The first kappa shape index (κ1) is 11.5. The first-order valence-corrected chi connectivity index (χ1v) is 6.68. The van der Waals surface area contributed by atoms with Crippen molar-refractivity contribution in [2.45, 2.75) is 26.7 Å². The third-order valence-corrected chi connectivity index (χ3v) is 4.29. The van der Waals surface area contributed by atoms with Gasteiger partial charge in [0.25, 0.3) is 0 Å². The summed E-state index contributed by atoms with van der Waals surface area (Å²) in [7, 11) is 0. The highest BCUT2D eigenvalue weighted by Gasteiger charge is 2.32. The molecule has 1 radical (unpaired) electrons. The Hall–Kier alpha value is -1.56. The van der Waals surface area contributed by atoms with Crippen molar-refractivity contribution < 1.29 is 0 Å². The Morgan fingerprint density at radius 2 is 1.28 bits per heavy atom. The second-order valence-corrected chi connectivity index (χ2v) is 5.52. The van der Waals surface area contributed by atoms with Crippen LogP contribution in [-0.4, -0.2) is 0 Å². The summed E-state index contributed by atoms with van der Waals surface area (Å²) in [6, 6.07) is 17.7. The summed E-state index contributed by atoms with van der Waals surface area (Å²) >= 11 is 0. The van der Waals surface area contributed by atoms with Gasteiger partial charge in [0, 0.05) is 5.92 Å². The average molecular weight is 235 g/mol. The zero-order valence-corrected chi connectivity index (χ0v) is 11.3. The van der Waals surface area contributed by atoms with E-state index in [9.17, 15) is 0 Å². The van der Waals surface area contributed by atoms with Gasteiger partial charge in [0.05, 0.1) is 0 Å². The molecule has 0 amide bonds. The maximum absolute atomic E-state index is 2.35. The standard InChI is InChI=1S/C18H19/c1-12(2)13(3)18-16-10-6-4-8-14(16)15-9-5-7-11-17(15)18/h4-11,13,18H,1-3H3. The molecule has 1 aliphatic carbocycles. The quantitative estimate of drug-likeness (QED) is 0.683. The molecular formula is C18H19. The summed E-state index contributed by atoms with van der Waals surface area (Å²) in [6.45, 7) is 6.83. The van der Waals surface area contributed by atoms with Crippen molar-refractivity contribution in [1.29, 1.82) is 0 Å². The van der Waals surface area contributed by atoms with Gasteiger partial charge in [-0.3, -0.25) is 0 Å². The Kier molecular flexibility index (Phi) is 2.74. The lowest BCUT2D eigenvalue weighted by atomic mass is 9.79. The molecular weight excluding hydrogens is 216 g/mol. The van der Waals surface area contributed by atoms with E-state index in [1.54, 1.807) is 0 Å². The molecule has 0 nitrogen and oxygen atoms in total. The monoisotopic (exact) mass is 235 g/mol. The van der Waals surface area contributed by atoms with Gasteiger partial charge in [-0.1, -0.05) is 69.3 Å². The lowest BCUT2D eigenvalue weighted by molar-refractivity contribution is 0.539. The molecule has 2 aromatic carbocycles. The molecule has 91 valence electrons. The van der Waals surface area contributed by atoms with E-state index in [4.69, 9.17) is 0 Å². The van der Waals surface area contributed by atoms with Gasteiger partial charge in [0.1, 0.15) is 0 Å². The van der Waals surface area contributed by atoms with Crippen LogP contribution in [0.25, 0.3) is 11.1 Å². The van der Waals surface area contributed by atoms with Crippen molar-refractivity contribution in [2.24, 2.45) is 5.92 Å². The summed E-state index contributed by atoms with van der Waals surface area (Å²) in [5.41, 5.74) is 5.83. The molecule has 0 saturated carbocycles. The minimum Gasteiger partial charge on any atom is -0.0619 e. The lowest BCUT2D eigenvalue weighted by Crippen LogP contribution is -2.13. The number of fused-ring (bicyclic) bond motifs is 3. The van der Waals surface area contributed by atoms with E-state index in [2.05, 4.69) is 69.3 Å². The van der Waals surface area contributed by atoms with Crippen molar-refractivity contribution in [1.82, 2.24) is 0 Å². The van der Waals surface area contributed by atoms with E-state index >= 15 is 0 Å². The number of benzene rings is 2. The Labute approximate surface area is 110 Å². The molecule has 2 aromatic rings. The van der Waals surface area contributed by atoms with Crippen LogP contribution in [0.15, 0.2) is 48.5 Å². The van der Waals surface area contributed by atoms with Crippen molar-refractivity contribution in [2.75, 3.05) is 0 Å². The van der Waals surface area contributed by atoms with Crippen LogP contribution in [0, 0.1) is 11.8 Å². The minimum absolute atomic E-state index is 0.530. The molecule has 0 bridgehead atoms. The molecule has 1 atom stereocenters. The van der Waals surface area contributed by atoms with Crippen molar-refractivity contribution in [3.8, 4) is 11.1 Å². The summed E-state index contributed by atoms with van der Waals surface area (Å²) in [5.74, 6) is 2.63. The van der Waals surface area contributed by atoms with E-state index in [-0.39, 0.29) is 0 Å². The van der Waals surface area contributed by atoms with E-state index < -0.39 is 0 Å². The highest BCUT2D eigenvalue weighted by Crippen LogP contribution is 2.49. The van der Waals surface area contributed by atoms with E-state index in [0.29, 0.717) is 11.8 Å². The molecule has 0 heteroatoms. The third kappa shape index (κ3) is 1.59. The summed E-state index contributed by atoms with van der Waals surface area (Å²) in [4.78, 5) is 0. The van der Waals surface area contributed by atoms with Crippen LogP contribution in [0.2, 0.25) is 0 Å². The molecule has 0 aromatic heterocycles. The van der Waals surface area contributed by atoms with Gasteiger partial charge in [0.15, 0.2) is 0 Å². The van der Waals surface area contributed by atoms with Gasteiger partial charge in [0.2, 0.25) is 0 Å². The van der Waals surface area contributed by atoms with Gasteiger partial charge in [-0.15, -0.1) is 0 Å². The molecule has 18 heavy (non-hydrogen) atoms. The highest BCUT2D eigenvalue weighted by molar-refractivity contribution is 5.79. The van der Waals surface area contributed by atoms with Gasteiger partial charge in [-0.05, 0) is 34.1 Å². The van der Waals surface area contributed by atoms with E-state index in [1.165, 1.54) is 28.2 Å². The molecule has 0 saturated heterocycles. The highest BCUT2D eigenvalue weighted by atomic mass is 14.4. The smallest absolute Gasteiger partial charge is 0.0133 e. The van der Waals surface area contributed by atoms with Crippen LogP contribution in [-0.2, 0) is 0 Å². The fourth-order valence-electron chi connectivity index (χ4n) is 3.07. The Morgan fingerprint density at radius 3 is 1.72 bits per heavy atom. The minimum atomic E-state index is 0.530. The van der Waals surface area contributed by atoms with Gasteiger partial charge in [-0.25, -0.2) is 0 Å². The first-order valence-electron chi connectivity index (χ1n) is 6.68. The fraction of sp³-hybridized carbons (Fsp3) is 0.278. The second-order valence-electron chi connectivity index (χ2n) is 5.52. The van der Waals surface area contributed by atoms with E-state index in [0.717, 1.165) is 0 Å². The van der Waals surface area contributed by atoms with E-state index in [1.807, 2.05) is 0 Å². The summed E-state index contributed by atoms with van der Waals surface area (Å²) < 4.78 is 0. The van der Waals surface area contributed by atoms with Gasteiger partial charge < -0.3 is 0 Å². The van der Waals surface area contributed by atoms with Crippen molar-refractivity contribution in [3.05, 3.63) is 65.6 Å². The van der Waals surface area contributed by atoms with Crippen LogP contribution in [0.1, 0.15) is 37.8 Å². The average Bonchev–Trinajstić information content (AvgIpc) is 2.72. The zero-order valence-electron chi connectivity index (χ0n) is 11.3. The SMILES string of the molecule is C[C](C)C(C)C1c2ccccc2-c2ccccc21. The van der Waals surface area contributed by atoms with Crippen LogP contribution >= 0.6 is 0 Å². The molecule has 0 heterocycles. The fourth-order valence-corrected chi connectivity index (χ4v) is 3.07. The number of hydrogen-bond acceptors (Lipinski definition) is 0. The maximum Gasteiger partial charge on any atom is 0.0133 e.